The van der Waals surface area contributed by atoms with Crippen LogP contribution in [-0.2, 0) is 11.3 Å². The number of carbonyl (C=O) groups is 1. The zero-order chi connectivity index (χ0) is 15.7. The molecule has 6 nitrogen and oxygen atoms in total. The fourth-order valence-electron chi connectivity index (χ4n) is 2.73. The Morgan fingerprint density at radius 3 is 2.64 bits per heavy atom. The van der Waals surface area contributed by atoms with Gasteiger partial charge in [-0.05, 0) is 32.0 Å². The zero-order valence-electron chi connectivity index (χ0n) is 12.6. The third kappa shape index (κ3) is 2.42. The maximum Gasteiger partial charge on any atom is 0.262 e. The first kappa shape index (κ1) is 14.5. The highest BCUT2D eigenvalue weighted by Crippen LogP contribution is 2.30. The first-order chi connectivity index (χ1) is 10.6. The van der Waals surface area contributed by atoms with Crippen LogP contribution in [0, 0.1) is 6.92 Å². The number of aliphatic hydroxyl groups is 1. The molecule has 1 N–H and O–H groups in total. The molecule has 1 unspecified atom stereocenters. The third-order valence-corrected chi connectivity index (χ3v) is 3.67. The van der Waals surface area contributed by atoms with Crippen molar-refractivity contribution in [3.05, 3.63) is 47.8 Å². The van der Waals surface area contributed by atoms with Crippen molar-refractivity contribution in [3.63, 3.8) is 0 Å². The van der Waals surface area contributed by atoms with E-state index in [0.29, 0.717) is 6.54 Å². The predicted octanol–water partition coefficient (Wildman–Crippen LogP) is 1.69. The Hall–Kier alpha value is -2.47. The van der Waals surface area contributed by atoms with E-state index >= 15 is 0 Å². The van der Waals surface area contributed by atoms with Gasteiger partial charge in [-0.1, -0.05) is 18.2 Å². The lowest BCUT2D eigenvalue weighted by molar-refractivity contribution is -0.118. The molecule has 2 aromatic rings. The lowest BCUT2D eigenvalue weighted by Crippen LogP contribution is -2.27. The van der Waals surface area contributed by atoms with Crippen molar-refractivity contribution in [3.8, 4) is 0 Å². The molecule has 0 saturated carbocycles. The minimum absolute atomic E-state index is 0.0202. The van der Waals surface area contributed by atoms with Crippen LogP contribution in [-0.4, -0.2) is 33.1 Å². The monoisotopic (exact) mass is 298 g/mol. The number of amides is 1. The lowest BCUT2D eigenvalue weighted by Gasteiger charge is -2.15. The summed E-state index contributed by atoms with van der Waals surface area (Å²) in [5.41, 5.74) is 3.07. The Bertz CT molecular complexity index is 721. The SMILES string of the molecule is CC1=NN(c2ccccc2)C(=O)C1c1cc(C)nn1CCO. The summed E-state index contributed by atoms with van der Waals surface area (Å²) in [6.07, 6.45) is 0. The highest BCUT2D eigenvalue weighted by molar-refractivity contribution is 6.18. The molecule has 22 heavy (non-hydrogen) atoms. The van der Waals surface area contributed by atoms with Crippen LogP contribution in [0.2, 0.25) is 0 Å². The van der Waals surface area contributed by atoms with Crippen molar-refractivity contribution in [2.24, 2.45) is 5.10 Å². The van der Waals surface area contributed by atoms with Crippen molar-refractivity contribution in [1.82, 2.24) is 9.78 Å². The molecule has 0 saturated heterocycles. The molecule has 1 aromatic carbocycles. The number of aliphatic hydroxyl groups excluding tert-OH is 1. The van der Waals surface area contributed by atoms with Gasteiger partial charge in [0.15, 0.2) is 0 Å². The molecule has 1 amide bonds. The van der Waals surface area contributed by atoms with Gasteiger partial charge in [-0.25, -0.2) is 0 Å². The van der Waals surface area contributed by atoms with E-state index in [1.807, 2.05) is 50.2 Å². The van der Waals surface area contributed by atoms with E-state index in [1.165, 1.54) is 5.01 Å². The molecule has 0 spiro atoms. The van der Waals surface area contributed by atoms with Gasteiger partial charge in [0.25, 0.3) is 5.91 Å². The van der Waals surface area contributed by atoms with Gasteiger partial charge < -0.3 is 5.11 Å². The fraction of sp³-hybridized carbons (Fsp3) is 0.312. The molecule has 1 aliphatic heterocycles. The topological polar surface area (TPSA) is 70.7 Å². The van der Waals surface area contributed by atoms with Crippen LogP contribution in [0.25, 0.3) is 0 Å². The Labute approximate surface area is 128 Å². The van der Waals surface area contributed by atoms with E-state index in [0.717, 1.165) is 22.8 Å². The number of anilines is 1. The highest BCUT2D eigenvalue weighted by Gasteiger charge is 2.37. The zero-order valence-corrected chi connectivity index (χ0v) is 12.6. The van der Waals surface area contributed by atoms with Crippen molar-refractivity contribution in [2.75, 3.05) is 11.6 Å². The van der Waals surface area contributed by atoms with Crippen molar-refractivity contribution in [1.29, 1.82) is 0 Å². The second kappa shape index (κ2) is 5.73. The lowest BCUT2D eigenvalue weighted by atomic mass is 10.00. The number of benzene rings is 1. The Kier molecular flexibility index (Phi) is 3.77. The van der Waals surface area contributed by atoms with Gasteiger partial charge >= 0.3 is 0 Å². The first-order valence-corrected chi connectivity index (χ1v) is 7.21. The third-order valence-electron chi connectivity index (χ3n) is 3.67. The van der Waals surface area contributed by atoms with Crippen LogP contribution in [0.1, 0.15) is 24.2 Å². The van der Waals surface area contributed by atoms with Crippen LogP contribution in [0.4, 0.5) is 5.69 Å². The normalized spacial score (nSPS) is 18.0. The number of aryl methyl sites for hydroxylation is 1. The summed E-state index contributed by atoms with van der Waals surface area (Å²) in [5, 5.41) is 19.4. The minimum Gasteiger partial charge on any atom is -0.394 e. The predicted molar refractivity (Wildman–Crippen MR) is 83.8 cm³/mol. The molecule has 0 bridgehead atoms. The van der Waals surface area contributed by atoms with Gasteiger partial charge in [-0.2, -0.15) is 15.2 Å². The Morgan fingerprint density at radius 1 is 1.23 bits per heavy atom. The van der Waals surface area contributed by atoms with Gasteiger partial charge in [0.2, 0.25) is 0 Å². The molecule has 0 radical (unpaired) electrons. The largest absolute Gasteiger partial charge is 0.394 e. The molecule has 6 heteroatoms. The number of rotatable bonds is 4. The quantitative estimate of drug-likeness (QED) is 0.933. The number of nitrogens with zero attached hydrogens (tertiary/aromatic N) is 4. The van der Waals surface area contributed by atoms with Crippen LogP contribution in [0.3, 0.4) is 0 Å². The summed E-state index contributed by atoms with van der Waals surface area (Å²) >= 11 is 0. The smallest absolute Gasteiger partial charge is 0.262 e. The molecular weight excluding hydrogens is 280 g/mol. The van der Waals surface area contributed by atoms with Crippen LogP contribution < -0.4 is 5.01 Å². The average Bonchev–Trinajstić information content (AvgIpc) is 3.00. The second-order valence-electron chi connectivity index (χ2n) is 5.32. The van der Waals surface area contributed by atoms with Crippen LogP contribution in [0.15, 0.2) is 41.5 Å². The molecule has 1 aliphatic rings. The summed E-state index contributed by atoms with van der Waals surface area (Å²) in [7, 11) is 0. The van der Waals surface area contributed by atoms with E-state index in [2.05, 4.69) is 10.2 Å². The van der Waals surface area contributed by atoms with E-state index in [4.69, 9.17) is 0 Å². The van der Waals surface area contributed by atoms with Gasteiger partial charge in [-0.15, -0.1) is 0 Å². The molecule has 114 valence electrons. The average molecular weight is 298 g/mol. The summed E-state index contributed by atoms with van der Waals surface area (Å²) in [6, 6.07) is 11.2. The Morgan fingerprint density at radius 2 is 1.95 bits per heavy atom. The van der Waals surface area contributed by atoms with Gasteiger partial charge in [-0.3, -0.25) is 9.48 Å². The van der Waals surface area contributed by atoms with Crippen molar-refractivity contribution in [2.45, 2.75) is 26.3 Å². The van der Waals surface area contributed by atoms with Gasteiger partial charge in [0.05, 0.1) is 35.9 Å². The number of aromatic nitrogens is 2. The molecule has 3 rings (SSSR count). The first-order valence-electron chi connectivity index (χ1n) is 7.21. The van der Waals surface area contributed by atoms with Crippen LogP contribution >= 0.6 is 0 Å². The van der Waals surface area contributed by atoms with E-state index in [9.17, 15) is 9.90 Å². The summed E-state index contributed by atoms with van der Waals surface area (Å²) in [5.74, 6) is -0.546. The standard InChI is InChI=1S/C16H18N4O2/c1-11-10-14(19(17-11)8-9-21)15-12(2)18-20(16(15)22)13-6-4-3-5-7-13/h3-7,10,15,21H,8-9H2,1-2H3. The van der Waals surface area contributed by atoms with E-state index in [1.54, 1.807) is 4.68 Å². The number of hydrogen-bond donors (Lipinski definition) is 1. The minimum atomic E-state index is -0.451. The number of hydrogen-bond acceptors (Lipinski definition) is 4. The fourth-order valence-corrected chi connectivity index (χ4v) is 2.73. The molecule has 2 heterocycles. The maximum absolute atomic E-state index is 12.8. The molecule has 0 aliphatic carbocycles. The molecule has 1 atom stereocenters. The van der Waals surface area contributed by atoms with E-state index in [-0.39, 0.29) is 12.5 Å². The second-order valence-corrected chi connectivity index (χ2v) is 5.32. The molecule has 1 aromatic heterocycles. The maximum atomic E-state index is 12.8. The molecule has 0 fully saturated rings. The van der Waals surface area contributed by atoms with Crippen molar-refractivity contribution < 1.29 is 9.90 Å². The summed E-state index contributed by atoms with van der Waals surface area (Å²) < 4.78 is 1.69. The summed E-state index contributed by atoms with van der Waals surface area (Å²) in [6.45, 7) is 4.06. The van der Waals surface area contributed by atoms with Gasteiger partial charge in [0.1, 0.15) is 5.92 Å². The number of para-hydroxylation sites is 1. The summed E-state index contributed by atoms with van der Waals surface area (Å²) in [4.78, 5) is 12.8. The molecular formula is C16H18N4O2. The highest BCUT2D eigenvalue weighted by atomic mass is 16.3. The van der Waals surface area contributed by atoms with Crippen LogP contribution in [0.5, 0.6) is 0 Å². The van der Waals surface area contributed by atoms with E-state index < -0.39 is 5.92 Å². The van der Waals surface area contributed by atoms with Gasteiger partial charge in [0, 0.05) is 0 Å². The van der Waals surface area contributed by atoms with Crippen molar-refractivity contribution >= 4 is 17.3 Å². The number of hydrazone groups is 1. The Balaban J connectivity index is 1.97. The number of carbonyl (C=O) groups excluding carboxylic acids is 1.